The molecule has 0 heterocycles. The topological polar surface area (TPSA) is 41.1 Å². The van der Waals surface area contributed by atoms with Gasteiger partial charge in [0.25, 0.3) is 5.91 Å². The summed E-state index contributed by atoms with van der Waals surface area (Å²) in [5.41, 5.74) is 2.00. The second kappa shape index (κ2) is 5.64. The van der Waals surface area contributed by atoms with Crippen LogP contribution in [0.4, 0.5) is 5.69 Å². The third-order valence-electron chi connectivity index (χ3n) is 4.26. The first kappa shape index (κ1) is 13.9. The second-order valence-electron chi connectivity index (χ2n) is 5.78. The highest BCUT2D eigenvalue weighted by atomic mass is 16.1. The summed E-state index contributed by atoms with van der Waals surface area (Å²) in [4.78, 5) is 12.3. The van der Waals surface area contributed by atoms with E-state index in [0.717, 1.165) is 24.3 Å². The van der Waals surface area contributed by atoms with Gasteiger partial charge < -0.3 is 10.6 Å². The number of para-hydroxylation sites is 1. The fourth-order valence-corrected chi connectivity index (χ4v) is 2.50. The Bertz CT molecular complexity index is 450. The third-order valence-corrected chi connectivity index (χ3v) is 4.26. The maximum atomic E-state index is 12.3. The molecule has 3 heteroatoms. The Balaban J connectivity index is 2.00. The Morgan fingerprint density at radius 3 is 2.58 bits per heavy atom. The van der Waals surface area contributed by atoms with Crippen LogP contribution in [0, 0.1) is 11.3 Å². The lowest BCUT2D eigenvalue weighted by Crippen LogP contribution is -2.33. The Morgan fingerprint density at radius 1 is 1.32 bits per heavy atom. The molecule has 1 aromatic carbocycles. The maximum absolute atomic E-state index is 12.3. The van der Waals surface area contributed by atoms with Gasteiger partial charge in [0.1, 0.15) is 0 Å². The fourth-order valence-electron chi connectivity index (χ4n) is 2.50. The quantitative estimate of drug-likeness (QED) is 0.824. The average molecular weight is 260 g/mol. The van der Waals surface area contributed by atoms with E-state index in [-0.39, 0.29) is 5.91 Å². The molecule has 1 aliphatic carbocycles. The molecule has 3 nitrogen and oxygen atoms in total. The molecule has 0 aliphatic heterocycles. The first-order chi connectivity index (χ1) is 9.09. The lowest BCUT2D eigenvalue weighted by molar-refractivity contribution is 0.0940. The lowest BCUT2D eigenvalue weighted by Gasteiger charge is -2.20. The summed E-state index contributed by atoms with van der Waals surface area (Å²) < 4.78 is 0. The Morgan fingerprint density at radius 2 is 2.00 bits per heavy atom. The van der Waals surface area contributed by atoms with Gasteiger partial charge in [-0.25, -0.2) is 0 Å². The van der Waals surface area contributed by atoms with Crippen molar-refractivity contribution in [3.05, 3.63) is 29.8 Å². The van der Waals surface area contributed by atoms with Crippen LogP contribution in [0.15, 0.2) is 24.3 Å². The summed E-state index contributed by atoms with van der Waals surface area (Å²) in [5, 5.41) is 6.33. The standard InChI is InChI=1S/C16H24N2O/c1-4-17-14-8-6-5-7-13(14)15(19)18-11-16(9-10-16)12(2)3/h5-8,12,17H,4,9-11H2,1-3H3,(H,18,19). The van der Waals surface area contributed by atoms with Gasteiger partial charge in [-0.15, -0.1) is 0 Å². The minimum atomic E-state index is 0.0310. The van der Waals surface area contributed by atoms with Gasteiger partial charge in [-0.1, -0.05) is 26.0 Å². The zero-order chi connectivity index (χ0) is 13.9. The molecule has 0 unspecified atom stereocenters. The number of anilines is 1. The van der Waals surface area contributed by atoms with Gasteiger partial charge in [0, 0.05) is 18.8 Å². The highest BCUT2D eigenvalue weighted by Crippen LogP contribution is 2.51. The fraction of sp³-hybridized carbons (Fsp3) is 0.562. The molecule has 1 aliphatic rings. The van der Waals surface area contributed by atoms with Crippen LogP contribution in [-0.2, 0) is 0 Å². The third kappa shape index (κ3) is 3.09. The monoisotopic (exact) mass is 260 g/mol. The minimum absolute atomic E-state index is 0.0310. The van der Waals surface area contributed by atoms with E-state index in [1.165, 1.54) is 12.8 Å². The number of hydrogen-bond donors (Lipinski definition) is 2. The van der Waals surface area contributed by atoms with E-state index >= 15 is 0 Å². The van der Waals surface area contributed by atoms with Gasteiger partial charge in [-0.2, -0.15) is 0 Å². The summed E-state index contributed by atoms with van der Waals surface area (Å²) in [7, 11) is 0. The molecule has 19 heavy (non-hydrogen) atoms. The van der Waals surface area contributed by atoms with Crippen molar-refractivity contribution in [2.45, 2.75) is 33.6 Å². The number of benzene rings is 1. The molecule has 1 aromatic rings. The Labute approximate surface area is 115 Å². The first-order valence-electron chi connectivity index (χ1n) is 7.20. The number of rotatable bonds is 6. The molecule has 1 saturated carbocycles. The van der Waals surface area contributed by atoms with Crippen LogP contribution < -0.4 is 10.6 Å². The molecule has 0 aromatic heterocycles. The highest BCUT2D eigenvalue weighted by Gasteiger charge is 2.45. The van der Waals surface area contributed by atoms with Crippen molar-refractivity contribution in [1.82, 2.24) is 5.32 Å². The predicted octanol–water partition coefficient (Wildman–Crippen LogP) is 3.28. The number of amides is 1. The summed E-state index contributed by atoms with van der Waals surface area (Å²) in [6.07, 6.45) is 2.47. The molecule has 0 saturated heterocycles. The molecule has 0 spiro atoms. The van der Waals surface area contributed by atoms with E-state index in [0.29, 0.717) is 11.3 Å². The van der Waals surface area contributed by atoms with E-state index in [2.05, 4.69) is 24.5 Å². The molecular formula is C16H24N2O. The van der Waals surface area contributed by atoms with Crippen molar-refractivity contribution in [2.24, 2.45) is 11.3 Å². The summed E-state index contributed by atoms with van der Waals surface area (Å²) >= 11 is 0. The molecule has 2 rings (SSSR count). The van der Waals surface area contributed by atoms with Crippen molar-refractivity contribution >= 4 is 11.6 Å². The van der Waals surface area contributed by atoms with Crippen LogP contribution in [-0.4, -0.2) is 19.0 Å². The Kier molecular flexibility index (Phi) is 4.13. The first-order valence-corrected chi connectivity index (χ1v) is 7.20. The van der Waals surface area contributed by atoms with Crippen molar-refractivity contribution in [2.75, 3.05) is 18.4 Å². The smallest absolute Gasteiger partial charge is 0.253 e. The zero-order valence-corrected chi connectivity index (χ0v) is 12.1. The van der Waals surface area contributed by atoms with Gasteiger partial charge in [0.05, 0.1) is 5.56 Å². The van der Waals surface area contributed by atoms with E-state index < -0.39 is 0 Å². The molecule has 0 bridgehead atoms. The summed E-state index contributed by atoms with van der Waals surface area (Å²) in [6, 6.07) is 7.69. The number of hydrogen-bond acceptors (Lipinski definition) is 2. The summed E-state index contributed by atoms with van der Waals surface area (Å²) in [6.45, 7) is 8.13. The molecule has 104 valence electrons. The highest BCUT2D eigenvalue weighted by molar-refractivity contribution is 5.99. The van der Waals surface area contributed by atoms with Crippen molar-refractivity contribution in [3.63, 3.8) is 0 Å². The molecule has 0 radical (unpaired) electrons. The number of carbonyl (C=O) groups is 1. The normalized spacial score (nSPS) is 16.2. The molecule has 1 fully saturated rings. The van der Waals surface area contributed by atoms with Crippen LogP contribution in [0.5, 0.6) is 0 Å². The minimum Gasteiger partial charge on any atom is -0.385 e. The SMILES string of the molecule is CCNc1ccccc1C(=O)NCC1(C(C)C)CC1. The van der Waals surface area contributed by atoms with Crippen LogP contribution in [0.1, 0.15) is 44.0 Å². The van der Waals surface area contributed by atoms with Crippen LogP contribution in [0.25, 0.3) is 0 Å². The largest absolute Gasteiger partial charge is 0.385 e. The van der Waals surface area contributed by atoms with Crippen LogP contribution >= 0.6 is 0 Å². The number of carbonyl (C=O) groups excluding carboxylic acids is 1. The summed E-state index contributed by atoms with van der Waals surface area (Å²) in [5.74, 6) is 0.667. The van der Waals surface area contributed by atoms with Gasteiger partial charge in [-0.05, 0) is 43.2 Å². The maximum Gasteiger partial charge on any atom is 0.253 e. The van der Waals surface area contributed by atoms with Gasteiger partial charge in [0.15, 0.2) is 0 Å². The molecule has 0 atom stereocenters. The van der Waals surface area contributed by atoms with E-state index in [9.17, 15) is 4.79 Å². The van der Waals surface area contributed by atoms with Crippen LogP contribution in [0.2, 0.25) is 0 Å². The van der Waals surface area contributed by atoms with Crippen molar-refractivity contribution in [3.8, 4) is 0 Å². The van der Waals surface area contributed by atoms with E-state index in [1.807, 2.05) is 31.2 Å². The van der Waals surface area contributed by atoms with Crippen LogP contribution in [0.3, 0.4) is 0 Å². The van der Waals surface area contributed by atoms with E-state index in [4.69, 9.17) is 0 Å². The van der Waals surface area contributed by atoms with E-state index in [1.54, 1.807) is 0 Å². The molecule has 2 N–H and O–H groups in total. The second-order valence-corrected chi connectivity index (χ2v) is 5.78. The number of nitrogens with one attached hydrogen (secondary N) is 2. The average Bonchev–Trinajstić information content (AvgIpc) is 3.18. The van der Waals surface area contributed by atoms with Gasteiger partial charge in [0.2, 0.25) is 0 Å². The molecular weight excluding hydrogens is 236 g/mol. The van der Waals surface area contributed by atoms with Gasteiger partial charge in [-0.3, -0.25) is 4.79 Å². The lowest BCUT2D eigenvalue weighted by atomic mass is 9.92. The predicted molar refractivity (Wildman–Crippen MR) is 79.4 cm³/mol. The molecule has 1 amide bonds. The Hall–Kier alpha value is -1.51. The zero-order valence-electron chi connectivity index (χ0n) is 12.1. The van der Waals surface area contributed by atoms with Crippen molar-refractivity contribution in [1.29, 1.82) is 0 Å². The van der Waals surface area contributed by atoms with Gasteiger partial charge >= 0.3 is 0 Å². The van der Waals surface area contributed by atoms with Crippen molar-refractivity contribution < 1.29 is 4.79 Å².